The molecule has 0 unspecified atom stereocenters. The summed E-state index contributed by atoms with van der Waals surface area (Å²) in [5.74, 6) is 0.581. The molecule has 1 aromatic carbocycles. The summed E-state index contributed by atoms with van der Waals surface area (Å²) in [6.45, 7) is 4.32. The Kier molecular flexibility index (Phi) is 4.68. The summed E-state index contributed by atoms with van der Waals surface area (Å²) in [6, 6.07) is 11.8. The van der Waals surface area contributed by atoms with Gasteiger partial charge in [-0.1, -0.05) is 18.2 Å². The smallest absolute Gasteiger partial charge is 0.263 e. The van der Waals surface area contributed by atoms with Crippen molar-refractivity contribution in [1.29, 1.82) is 0 Å². The molecule has 2 rings (SSSR count). The number of anilines is 2. The molecule has 118 valence electrons. The zero-order valence-electron chi connectivity index (χ0n) is 12.6. The minimum atomic E-state index is -3.64. The average Bonchev–Trinajstić information content (AvgIpc) is 2.45. The maximum Gasteiger partial charge on any atom is 0.263 e. The number of nitrogens with zero attached hydrogens (tertiary/aromatic N) is 1. The Morgan fingerprint density at radius 2 is 1.82 bits per heavy atom. The number of para-hydroxylation sites is 1. The molecule has 0 aliphatic heterocycles. The van der Waals surface area contributed by atoms with Crippen molar-refractivity contribution in [2.24, 2.45) is 5.73 Å². The van der Waals surface area contributed by atoms with Crippen LogP contribution in [0.25, 0.3) is 0 Å². The molecule has 22 heavy (non-hydrogen) atoms. The zero-order chi connectivity index (χ0) is 16.2. The number of nitrogens with one attached hydrogen (secondary N) is 2. The molecule has 0 saturated carbocycles. The summed E-state index contributed by atoms with van der Waals surface area (Å²) in [7, 11) is -3.64. The molecule has 0 spiro atoms. The lowest BCUT2D eigenvalue weighted by Gasteiger charge is -2.19. The molecule has 0 saturated heterocycles. The van der Waals surface area contributed by atoms with Crippen molar-refractivity contribution >= 4 is 21.5 Å². The van der Waals surface area contributed by atoms with Crippen LogP contribution >= 0.6 is 0 Å². The first-order valence-electron chi connectivity index (χ1n) is 6.83. The largest absolute Gasteiger partial charge is 0.368 e. The molecule has 0 bridgehead atoms. The average molecular weight is 320 g/mol. The standard InChI is InChI=1S/C15H20N4O2S/c1-15(2,16)11-18-14-9-8-13(10-17-14)22(20,21)19-12-6-4-3-5-7-12/h3-10,19H,11,16H2,1-2H3,(H,17,18). The van der Waals surface area contributed by atoms with E-state index in [1.54, 1.807) is 30.3 Å². The highest BCUT2D eigenvalue weighted by molar-refractivity contribution is 7.92. The maximum absolute atomic E-state index is 12.2. The predicted octanol–water partition coefficient (Wildman–Crippen LogP) is 2.03. The van der Waals surface area contributed by atoms with Crippen LogP contribution in [0.5, 0.6) is 0 Å². The highest BCUT2D eigenvalue weighted by Gasteiger charge is 2.15. The number of benzene rings is 1. The number of hydrogen-bond acceptors (Lipinski definition) is 5. The Labute approximate surface area is 130 Å². The number of aromatic nitrogens is 1. The van der Waals surface area contributed by atoms with Crippen molar-refractivity contribution in [2.75, 3.05) is 16.6 Å². The van der Waals surface area contributed by atoms with Crippen LogP contribution in [-0.2, 0) is 10.0 Å². The van der Waals surface area contributed by atoms with Crippen LogP contribution in [-0.4, -0.2) is 25.5 Å². The second-order valence-corrected chi connectivity index (χ2v) is 7.38. The number of nitrogens with two attached hydrogens (primary N) is 1. The summed E-state index contributed by atoms with van der Waals surface area (Å²) in [6.07, 6.45) is 1.32. The Balaban J connectivity index is 2.09. The third-order valence-corrected chi connectivity index (χ3v) is 4.16. The molecule has 1 heterocycles. The SMILES string of the molecule is CC(C)(N)CNc1ccc(S(=O)(=O)Nc2ccccc2)cn1. The van der Waals surface area contributed by atoms with E-state index in [2.05, 4.69) is 15.0 Å². The number of rotatable bonds is 6. The summed E-state index contributed by atoms with van der Waals surface area (Å²) < 4.78 is 27.0. The van der Waals surface area contributed by atoms with Gasteiger partial charge in [0, 0.05) is 24.0 Å². The van der Waals surface area contributed by atoms with Crippen molar-refractivity contribution in [2.45, 2.75) is 24.3 Å². The van der Waals surface area contributed by atoms with E-state index >= 15 is 0 Å². The second kappa shape index (κ2) is 6.33. The lowest BCUT2D eigenvalue weighted by molar-refractivity contribution is 0.548. The van der Waals surface area contributed by atoms with Crippen LogP contribution in [0, 0.1) is 0 Å². The lowest BCUT2D eigenvalue weighted by atomic mass is 10.1. The molecule has 0 fully saturated rings. The molecular formula is C15H20N4O2S. The van der Waals surface area contributed by atoms with Gasteiger partial charge in [-0.2, -0.15) is 0 Å². The van der Waals surface area contributed by atoms with E-state index in [4.69, 9.17) is 5.73 Å². The first-order valence-corrected chi connectivity index (χ1v) is 8.31. The van der Waals surface area contributed by atoms with Gasteiger partial charge in [0.05, 0.1) is 0 Å². The molecule has 7 heteroatoms. The summed E-state index contributed by atoms with van der Waals surface area (Å²) in [5, 5.41) is 3.06. The predicted molar refractivity (Wildman–Crippen MR) is 88.2 cm³/mol. The fourth-order valence-electron chi connectivity index (χ4n) is 1.68. The fraction of sp³-hybridized carbons (Fsp3) is 0.267. The van der Waals surface area contributed by atoms with Gasteiger partial charge in [-0.3, -0.25) is 4.72 Å². The minimum Gasteiger partial charge on any atom is -0.368 e. The molecule has 1 aromatic heterocycles. The van der Waals surface area contributed by atoms with Gasteiger partial charge in [0.25, 0.3) is 10.0 Å². The third kappa shape index (κ3) is 4.71. The van der Waals surface area contributed by atoms with Crippen LogP contribution in [0.1, 0.15) is 13.8 Å². The van der Waals surface area contributed by atoms with Crippen molar-refractivity contribution in [3.8, 4) is 0 Å². The van der Waals surface area contributed by atoms with Gasteiger partial charge in [0.2, 0.25) is 0 Å². The Bertz CT molecular complexity index is 707. The monoisotopic (exact) mass is 320 g/mol. The van der Waals surface area contributed by atoms with E-state index in [1.807, 2.05) is 19.9 Å². The molecule has 4 N–H and O–H groups in total. The molecule has 6 nitrogen and oxygen atoms in total. The van der Waals surface area contributed by atoms with Crippen LogP contribution in [0.2, 0.25) is 0 Å². The van der Waals surface area contributed by atoms with E-state index in [1.165, 1.54) is 12.3 Å². The molecular weight excluding hydrogens is 300 g/mol. The quantitative estimate of drug-likeness (QED) is 0.756. The van der Waals surface area contributed by atoms with Crippen LogP contribution in [0.15, 0.2) is 53.6 Å². The number of hydrogen-bond donors (Lipinski definition) is 3. The van der Waals surface area contributed by atoms with Gasteiger partial charge in [-0.05, 0) is 38.1 Å². The van der Waals surface area contributed by atoms with Crippen molar-refractivity contribution < 1.29 is 8.42 Å². The molecule has 0 aliphatic rings. The molecule has 0 radical (unpaired) electrons. The topological polar surface area (TPSA) is 97.1 Å². The summed E-state index contributed by atoms with van der Waals surface area (Å²) >= 11 is 0. The van der Waals surface area contributed by atoms with Gasteiger partial charge in [0.15, 0.2) is 0 Å². The Hall–Kier alpha value is -2.12. The number of sulfonamides is 1. The first-order chi connectivity index (χ1) is 10.3. The Morgan fingerprint density at radius 3 is 2.36 bits per heavy atom. The van der Waals surface area contributed by atoms with E-state index in [-0.39, 0.29) is 10.4 Å². The number of pyridine rings is 1. The summed E-state index contributed by atoms with van der Waals surface area (Å²) in [4.78, 5) is 4.21. The molecule has 2 aromatic rings. The minimum absolute atomic E-state index is 0.105. The highest BCUT2D eigenvalue weighted by atomic mass is 32.2. The van der Waals surface area contributed by atoms with Gasteiger partial charge in [0.1, 0.15) is 10.7 Å². The normalized spacial score (nSPS) is 12.0. The molecule has 0 atom stereocenters. The van der Waals surface area contributed by atoms with Gasteiger partial charge < -0.3 is 11.1 Å². The van der Waals surface area contributed by atoms with Gasteiger partial charge in [-0.25, -0.2) is 13.4 Å². The van der Waals surface area contributed by atoms with Crippen LogP contribution < -0.4 is 15.8 Å². The fourth-order valence-corrected chi connectivity index (χ4v) is 2.69. The van der Waals surface area contributed by atoms with Crippen LogP contribution in [0.3, 0.4) is 0 Å². The summed E-state index contributed by atoms with van der Waals surface area (Å²) in [5.41, 5.74) is 6.01. The molecule has 0 amide bonds. The Morgan fingerprint density at radius 1 is 1.14 bits per heavy atom. The van der Waals surface area contributed by atoms with Crippen LogP contribution in [0.4, 0.5) is 11.5 Å². The zero-order valence-corrected chi connectivity index (χ0v) is 13.4. The van der Waals surface area contributed by atoms with Gasteiger partial charge >= 0.3 is 0 Å². The van der Waals surface area contributed by atoms with Crippen molar-refractivity contribution in [1.82, 2.24) is 4.98 Å². The van der Waals surface area contributed by atoms with E-state index < -0.39 is 10.0 Å². The second-order valence-electron chi connectivity index (χ2n) is 5.69. The maximum atomic E-state index is 12.2. The van der Waals surface area contributed by atoms with Gasteiger partial charge in [-0.15, -0.1) is 0 Å². The first kappa shape index (κ1) is 16.3. The lowest BCUT2D eigenvalue weighted by Crippen LogP contribution is -2.39. The van der Waals surface area contributed by atoms with E-state index in [0.717, 1.165) is 0 Å². The third-order valence-electron chi connectivity index (χ3n) is 2.80. The van der Waals surface area contributed by atoms with E-state index in [9.17, 15) is 8.42 Å². The van der Waals surface area contributed by atoms with Crippen molar-refractivity contribution in [3.05, 3.63) is 48.7 Å². The highest BCUT2D eigenvalue weighted by Crippen LogP contribution is 2.16. The van der Waals surface area contributed by atoms with E-state index in [0.29, 0.717) is 18.1 Å². The van der Waals surface area contributed by atoms with Crippen molar-refractivity contribution in [3.63, 3.8) is 0 Å². The molecule has 0 aliphatic carbocycles.